The number of ether oxygens (including phenoxy) is 1. The molecule has 0 saturated carbocycles. The van der Waals surface area contributed by atoms with Crippen LogP contribution in [0.3, 0.4) is 0 Å². The Bertz CT molecular complexity index is 917. The summed E-state index contributed by atoms with van der Waals surface area (Å²) >= 11 is 0. The highest BCUT2D eigenvalue weighted by Gasteiger charge is 2.23. The van der Waals surface area contributed by atoms with Crippen LogP contribution in [-0.4, -0.2) is 83.9 Å². The van der Waals surface area contributed by atoms with Crippen molar-refractivity contribution in [3.63, 3.8) is 0 Å². The SMILES string of the molecule is CCc1cnc(N2CCC(Oc3ccc(CN4CCN(C)CC4)cc3/C=C/CCO)CC2)nc1. The topological polar surface area (TPSA) is 65.0 Å². The molecule has 2 fully saturated rings. The van der Waals surface area contributed by atoms with Crippen LogP contribution in [0.2, 0.25) is 0 Å². The standard InChI is InChI=1S/C27H39N5O2/c1-3-22-19-28-27(29-20-22)32-11-9-25(10-12-32)34-26-8-7-23(18-24(26)6-4-5-17-33)21-31-15-13-30(2)14-16-31/h4,6-8,18-20,25,33H,3,5,9-17,21H2,1-2H3/b6-4+. The molecule has 0 atom stereocenters. The molecule has 7 heteroatoms. The summed E-state index contributed by atoms with van der Waals surface area (Å²) in [5.74, 6) is 1.75. The van der Waals surface area contributed by atoms with E-state index >= 15 is 0 Å². The van der Waals surface area contributed by atoms with Gasteiger partial charge in [-0.2, -0.15) is 0 Å². The molecule has 2 aromatic rings. The Morgan fingerprint density at radius 2 is 1.76 bits per heavy atom. The number of nitrogens with zero attached hydrogens (tertiary/aromatic N) is 5. The van der Waals surface area contributed by atoms with E-state index in [0.29, 0.717) is 6.42 Å². The average Bonchev–Trinajstić information content (AvgIpc) is 2.87. The summed E-state index contributed by atoms with van der Waals surface area (Å²) in [5, 5.41) is 9.21. The number of piperazine rings is 1. The Balaban J connectivity index is 1.38. The Labute approximate surface area is 204 Å². The molecule has 2 saturated heterocycles. The van der Waals surface area contributed by atoms with Crippen LogP contribution < -0.4 is 9.64 Å². The van der Waals surface area contributed by atoms with Crippen molar-refractivity contribution >= 4 is 12.0 Å². The monoisotopic (exact) mass is 465 g/mol. The van der Waals surface area contributed by atoms with Gasteiger partial charge in [-0.1, -0.05) is 25.1 Å². The van der Waals surface area contributed by atoms with E-state index in [1.54, 1.807) is 0 Å². The van der Waals surface area contributed by atoms with E-state index < -0.39 is 0 Å². The highest BCUT2D eigenvalue weighted by molar-refractivity contribution is 5.58. The van der Waals surface area contributed by atoms with Crippen molar-refractivity contribution < 1.29 is 9.84 Å². The van der Waals surface area contributed by atoms with Gasteiger partial charge < -0.3 is 19.6 Å². The van der Waals surface area contributed by atoms with Gasteiger partial charge in [-0.3, -0.25) is 4.90 Å². The molecule has 0 aliphatic carbocycles. The number of piperidine rings is 1. The van der Waals surface area contributed by atoms with E-state index in [0.717, 1.165) is 82.3 Å². The van der Waals surface area contributed by atoms with Crippen molar-refractivity contribution in [2.75, 3.05) is 57.8 Å². The maximum atomic E-state index is 9.21. The van der Waals surface area contributed by atoms with Crippen molar-refractivity contribution in [2.45, 2.75) is 45.3 Å². The van der Waals surface area contributed by atoms with Gasteiger partial charge in [0.25, 0.3) is 0 Å². The van der Waals surface area contributed by atoms with Crippen LogP contribution in [0.1, 0.15) is 42.9 Å². The smallest absolute Gasteiger partial charge is 0.225 e. The number of hydrogen-bond donors (Lipinski definition) is 1. The predicted molar refractivity (Wildman–Crippen MR) is 137 cm³/mol. The second-order valence-electron chi connectivity index (χ2n) is 9.42. The number of hydrogen-bond acceptors (Lipinski definition) is 7. The molecule has 0 spiro atoms. The molecule has 2 aliphatic heterocycles. The van der Waals surface area contributed by atoms with Crippen LogP contribution >= 0.6 is 0 Å². The first-order valence-corrected chi connectivity index (χ1v) is 12.7. The zero-order valence-corrected chi connectivity index (χ0v) is 20.7. The molecule has 7 nitrogen and oxygen atoms in total. The van der Waals surface area contributed by atoms with Crippen molar-refractivity contribution in [2.24, 2.45) is 0 Å². The molecule has 1 aromatic heterocycles. The lowest BCUT2D eigenvalue weighted by Crippen LogP contribution is -2.43. The van der Waals surface area contributed by atoms with Gasteiger partial charge in [-0.25, -0.2) is 9.97 Å². The number of aliphatic hydroxyl groups is 1. The van der Waals surface area contributed by atoms with Gasteiger partial charge in [0.15, 0.2) is 0 Å². The fourth-order valence-corrected chi connectivity index (χ4v) is 4.53. The van der Waals surface area contributed by atoms with E-state index in [4.69, 9.17) is 4.74 Å². The maximum Gasteiger partial charge on any atom is 0.225 e. The highest BCUT2D eigenvalue weighted by Crippen LogP contribution is 2.27. The fraction of sp³-hybridized carbons (Fsp3) is 0.556. The van der Waals surface area contributed by atoms with Crippen LogP contribution in [0.4, 0.5) is 5.95 Å². The second-order valence-corrected chi connectivity index (χ2v) is 9.42. The Morgan fingerprint density at radius 3 is 2.44 bits per heavy atom. The first kappa shape index (κ1) is 24.6. The number of likely N-dealkylation sites (N-methyl/N-ethyl adjacent to an activating group) is 1. The minimum Gasteiger partial charge on any atom is -0.490 e. The van der Waals surface area contributed by atoms with Crippen molar-refractivity contribution in [3.05, 3.63) is 53.4 Å². The Kier molecular flexibility index (Phi) is 8.91. The third-order valence-electron chi connectivity index (χ3n) is 6.79. The van der Waals surface area contributed by atoms with Gasteiger partial charge >= 0.3 is 0 Å². The molecule has 1 N–H and O–H groups in total. The van der Waals surface area contributed by atoms with Gasteiger partial charge in [-0.15, -0.1) is 0 Å². The number of rotatable bonds is 9. The molecule has 34 heavy (non-hydrogen) atoms. The van der Waals surface area contributed by atoms with Crippen molar-refractivity contribution in [1.82, 2.24) is 19.8 Å². The summed E-state index contributed by atoms with van der Waals surface area (Å²) in [6, 6.07) is 6.58. The zero-order valence-electron chi connectivity index (χ0n) is 20.7. The number of benzene rings is 1. The molecule has 2 aliphatic rings. The van der Waals surface area contributed by atoms with E-state index in [1.807, 2.05) is 18.5 Å². The van der Waals surface area contributed by atoms with Crippen molar-refractivity contribution in [1.29, 1.82) is 0 Å². The lowest BCUT2D eigenvalue weighted by atomic mass is 10.1. The average molecular weight is 466 g/mol. The highest BCUT2D eigenvalue weighted by atomic mass is 16.5. The molecular weight excluding hydrogens is 426 g/mol. The first-order chi connectivity index (χ1) is 16.6. The number of aliphatic hydroxyl groups excluding tert-OH is 1. The third kappa shape index (κ3) is 6.78. The molecule has 0 radical (unpaired) electrons. The van der Waals surface area contributed by atoms with Gasteiger partial charge in [0.05, 0.1) is 0 Å². The summed E-state index contributed by atoms with van der Waals surface area (Å²) in [7, 11) is 2.19. The number of aryl methyl sites for hydroxylation is 1. The lowest BCUT2D eigenvalue weighted by Gasteiger charge is -2.33. The lowest BCUT2D eigenvalue weighted by molar-refractivity contribution is 0.148. The number of aromatic nitrogens is 2. The molecule has 0 amide bonds. The molecule has 4 rings (SSSR count). The van der Waals surface area contributed by atoms with E-state index in [9.17, 15) is 5.11 Å². The van der Waals surface area contributed by atoms with E-state index in [-0.39, 0.29) is 12.7 Å². The minimum atomic E-state index is 0.160. The van der Waals surface area contributed by atoms with Gasteiger partial charge in [-0.05, 0) is 43.1 Å². The quantitative estimate of drug-likeness (QED) is 0.610. The van der Waals surface area contributed by atoms with E-state index in [1.165, 1.54) is 11.1 Å². The Hall–Kier alpha value is -2.48. The van der Waals surface area contributed by atoms with Gasteiger partial charge in [0.1, 0.15) is 11.9 Å². The second kappa shape index (κ2) is 12.3. The maximum absolute atomic E-state index is 9.21. The normalized spacial score (nSPS) is 18.6. The number of anilines is 1. The summed E-state index contributed by atoms with van der Waals surface area (Å²) in [5.41, 5.74) is 3.57. The molecule has 0 bridgehead atoms. The summed E-state index contributed by atoms with van der Waals surface area (Å²) in [6.45, 7) is 9.49. The third-order valence-corrected chi connectivity index (χ3v) is 6.79. The van der Waals surface area contributed by atoms with Gasteiger partial charge in [0.2, 0.25) is 5.95 Å². The fourth-order valence-electron chi connectivity index (χ4n) is 4.53. The van der Waals surface area contributed by atoms with E-state index in [2.05, 4.69) is 62.9 Å². The predicted octanol–water partition coefficient (Wildman–Crippen LogP) is 3.23. The van der Waals surface area contributed by atoms with Gasteiger partial charge in [0, 0.05) is 83.2 Å². The molecule has 0 unspecified atom stereocenters. The van der Waals surface area contributed by atoms with Crippen LogP contribution in [0.5, 0.6) is 5.75 Å². The Morgan fingerprint density at radius 1 is 1.03 bits per heavy atom. The van der Waals surface area contributed by atoms with Crippen LogP contribution in [0.15, 0.2) is 36.7 Å². The summed E-state index contributed by atoms with van der Waals surface area (Å²) in [6.07, 6.45) is 11.7. The molecular formula is C27H39N5O2. The zero-order chi connectivity index (χ0) is 23.8. The van der Waals surface area contributed by atoms with Crippen LogP contribution in [-0.2, 0) is 13.0 Å². The largest absolute Gasteiger partial charge is 0.490 e. The van der Waals surface area contributed by atoms with Crippen LogP contribution in [0, 0.1) is 0 Å². The molecule has 3 heterocycles. The van der Waals surface area contributed by atoms with Crippen LogP contribution in [0.25, 0.3) is 6.08 Å². The minimum absolute atomic E-state index is 0.160. The summed E-state index contributed by atoms with van der Waals surface area (Å²) < 4.78 is 6.50. The first-order valence-electron chi connectivity index (χ1n) is 12.7. The molecule has 184 valence electrons. The van der Waals surface area contributed by atoms with Crippen molar-refractivity contribution in [3.8, 4) is 5.75 Å². The summed E-state index contributed by atoms with van der Waals surface area (Å²) in [4.78, 5) is 16.2. The molecule has 1 aromatic carbocycles.